The second-order valence-corrected chi connectivity index (χ2v) is 4.66. The van der Waals surface area contributed by atoms with Crippen LogP contribution < -0.4 is 4.74 Å². The first-order valence-electron chi connectivity index (χ1n) is 5.02. The Kier molecular flexibility index (Phi) is 3.51. The van der Waals surface area contributed by atoms with Crippen LogP contribution in [0, 0.1) is 3.57 Å². The Morgan fingerprint density at radius 3 is 2.59 bits per heavy atom. The van der Waals surface area contributed by atoms with Crippen molar-refractivity contribution in [1.29, 1.82) is 0 Å². The molecule has 0 aromatic heterocycles. The molecule has 0 saturated heterocycles. The molecular formula is C13H11IO3. The molecule has 2 rings (SSSR count). The Bertz CT molecular complexity index is 578. The largest absolute Gasteiger partial charge is 0.497 e. The van der Waals surface area contributed by atoms with Gasteiger partial charge in [0.2, 0.25) is 0 Å². The highest BCUT2D eigenvalue weighted by atomic mass is 127. The van der Waals surface area contributed by atoms with Gasteiger partial charge in [-0.05, 0) is 57.6 Å². The Hall–Kier alpha value is -1.30. The van der Waals surface area contributed by atoms with Gasteiger partial charge in [0.1, 0.15) is 5.75 Å². The number of rotatable bonds is 2. The van der Waals surface area contributed by atoms with Crippen molar-refractivity contribution in [1.82, 2.24) is 0 Å². The van der Waals surface area contributed by atoms with E-state index in [1.54, 1.807) is 7.11 Å². The van der Waals surface area contributed by atoms with E-state index >= 15 is 0 Å². The highest BCUT2D eigenvalue weighted by Gasteiger charge is 2.14. The minimum atomic E-state index is -0.315. The number of fused-ring (bicyclic) bond motifs is 1. The van der Waals surface area contributed by atoms with Crippen molar-refractivity contribution in [2.45, 2.75) is 0 Å². The monoisotopic (exact) mass is 342 g/mol. The molecule has 88 valence electrons. The van der Waals surface area contributed by atoms with Crippen molar-refractivity contribution in [3.63, 3.8) is 0 Å². The van der Waals surface area contributed by atoms with E-state index in [4.69, 9.17) is 9.47 Å². The van der Waals surface area contributed by atoms with Crippen LogP contribution in [0.5, 0.6) is 5.75 Å². The summed E-state index contributed by atoms with van der Waals surface area (Å²) in [5.74, 6) is 0.458. The fraction of sp³-hybridized carbons (Fsp3) is 0.154. The third-order valence-corrected chi connectivity index (χ3v) is 3.46. The van der Waals surface area contributed by atoms with Crippen molar-refractivity contribution < 1.29 is 14.3 Å². The Balaban J connectivity index is 2.73. The molecule has 0 amide bonds. The molecule has 0 spiro atoms. The van der Waals surface area contributed by atoms with Gasteiger partial charge in [-0.1, -0.05) is 6.07 Å². The van der Waals surface area contributed by atoms with Gasteiger partial charge in [0, 0.05) is 3.57 Å². The predicted octanol–water partition coefficient (Wildman–Crippen LogP) is 3.24. The van der Waals surface area contributed by atoms with E-state index in [1.807, 2.05) is 30.3 Å². The van der Waals surface area contributed by atoms with Crippen LogP contribution >= 0.6 is 22.6 Å². The molecule has 0 saturated carbocycles. The molecule has 0 atom stereocenters. The SMILES string of the molecule is COC(=O)c1c(I)ccc2cc(OC)ccc12. The highest BCUT2D eigenvalue weighted by molar-refractivity contribution is 14.1. The molecule has 17 heavy (non-hydrogen) atoms. The van der Waals surface area contributed by atoms with Crippen LogP contribution in [0.25, 0.3) is 10.8 Å². The van der Waals surface area contributed by atoms with E-state index in [0.717, 1.165) is 20.1 Å². The molecule has 4 heteroatoms. The summed E-state index contributed by atoms with van der Waals surface area (Å²) in [5, 5.41) is 1.84. The van der Waals surface area contributed by atoms with Gasteiger partial charge >= 0.3 is 5.97 Å². The number of ether oxygens (including phenoxy) is 2. The summed E-state index contributed by atoms with van der Waals surface area (Å²) in [6, 6.07) is 9.48. The van der Waals surface area contributed by atoms with Crippen LogP contribution in [0.2, 0.25) is 0 Å². The molecule has 2 aromatic rings. The maximum absolute atomic E-state index is 11.7. The fourth-order valence-corrected chi connectivity index (χ4v) is 2.41. The zero-order valence-corrected chi connectivity index (χ0v) is 11.6. The van der Waals surface area contributed by atoms with Gasteiger partial charge in [0.05, 0.1) is 19.8 Å². The summed E-state index contributed by atoms with van der Waals surface area (Å²) in [6.07, 6.45) is 0. The molecule has 0 bridgehead atoms. The van der Waals surface area contributed by atoms with E-state index in [9.17, 15) is 4.79 Å². The number of hydrogen-bond donors (Lipinski definition) is 0. The number of benzene rings is 2. The molecule has 0 radical (unpaired) electrons. The van der Waals surface area contributed by atoms with Gasteiger partial charge < -0.3 is 9.47 Å². The maximum atomic E-state index is 11.7. The minimum Gasteiger partial charge on any atom is -0.497 e. The lowest BCUT2D eigenvalue weighted by molar-refractivity contribution is 0.0602. The lowest BCUT2D eigenvalue weighted by atomic mass is 10.0. The van der Waals surface area contributed by atoms with Crippen LogP contribution in [0.3, 0.4) is 0 Å². The van der Waals surface area contributed by atoms with Crippen LogP contribution in [0.15, 0.2) is 30.3 Å². The van der Waals surface area contributed by atoms with E-state index in [0.29, 0.717) is 5.56 Å². The Labute approximate surface area is 113 Å². The van der Waals surface area contributed by atoms with Crippen molar-refractivity contribution in [3.8, 4) is 5.75 Å². The average molecular weight is 342 g/mol. The zero-order chi connectivity index (χ0) is 12.4. The summed E-state index contributed by atoms with van der Waals surface area (Å²) >= 11 is 2.13. The second-order valence-electron chi connectivity index (χ2n) is 3.50. The zero-order valence-electron chi connectivity index (χ0n) is 9.49. The highest BCUT2D eigenvalue weighted by Crippen LogP contribution is 2.27. The lowest BCUT2D eigenvalue weighted by Gasteiger charge is -2.08. The number of carbonyl (C=O) groups is 1. The topological polar surface area (TPSA) is 35.5 Å². The first kappa shape index (κ1) is 12.2. The molecule has 0 N–H and O–H groups in total. The number of esters is 1. The van der Waals surface area contributed by atoms with Crippen molar-refractivity contribution >= 4 is 39.3 Å². The van der Waals surface area contributed by atoms with Crippen molar-refractivity contribution in [3.05, 3.63) is 39.5 Å². The molecule has 0 aliphatic carbocycles. The van der Waals surface area contributed by atoms with Gasteiger partial charge in [-0.3, -0.25) is 0 Å². The quantitative estimate of drug-likeness (QED) is 0.621. The van der Waals surface area contributed by atoms with Gasteiger partial charge in [0.25, 0.3) is 0 Å². The molecule has 0 heterocycles. The Morgan fingerprint density at radius 2 is 1.94 bits per heavy atom. The minimum absolute atomic E-state index is 0.315. The number of carbonyl (C=O) groups excluding carboxylic acids is 1. The summed E-state index contributed by atoms with van der Waals surface area (Å²) in [7, 11) is 3.01. The summed E-state index contributed by atoms with van der Waals surface area (Å²) in [5.41, 5.74) is 0.605. The molecule has 0 fully saturated rings. The van der Waals surface area contributed by atoms with Crippen LogP contribution in [0.4, 0.5) is 0 Å². The smallest absolute Gasteiger partial charge is 0.339 e. The summed E-state index contributed by atoms with van der Waals surface area (Å²) in [6.45, 7) is 0. The standard InChI is InChI=1S/C13H11IO3/c1-16-9-4-5-10-8(7-9)3-6-11(14)12(10)13(15)17-2/h3-7H,1-2H3. The first-order chi connectivity index (χ1) is 8.17. The Morgan fingerprint density at radius 1 is 1.18 bits per heavy atom. The number of methoxy groups -OCH3 is 2. The van der Waals surface area contributed by atoms with Crippen molar-refractivity contribution in [2.75, 3.05) is 14.2 Å². The number of halogens is 1. The fourth-order valence-electron chi connectivity index (χ4n) is 1.72. The van der Waals surface area contributed by atoms with Crippen LogP contribution in [-0.2, 0) is 4.74 Å². The predicted molar refractivity (Wildman–Crippen MR) is 74.6 cm³/mol. The van der Waals surface area contributed by atoms with Gasteiger partial charge in [0.15, 0.2) is 0 Å². The third-order valence-electron chi connectivity index (χ3n) is 2.57. The first-order valence-corrected chi connectivity index (χ1v) is 6.10. The molecule has 2 aromatic carbocycles. The summed E-state index contributed by atoms with van der Waals surface area (Å²) in [4.78, 5) is 11.7. The molecule has 0 aliphatic heterocycles. The molecule has 0 aliphatic rings. The summed E-state index contributed by atoms with van der Waals surface area (Å²) < 4.78 is 10.8. The van der Waals surface area contributed by atoms with Gasteiger partial charge in [-0.2, -0.15) is 0 Å². The van der Waals surface area contributed by atoms with E-state index in [2.05, 4.69) is 22.6 Å². The van der Waals surface area contributed by atoms with Crippen LogP contribution in [0.1, 0.15) is 10.4 Å². The second kappa shape index (κ2) is 4.91. The normalized spacial score (nSPS) is 10.3. The molecular weight excluding hydrogens is 331 g/mol. The van der Waals surface area contributed by atoms with Crippen LogP contribution in [-0.4, -0.2) is 20.2 Å². The lowest BCUT2D eigenvalue weighted by Crippen LogP contribution is -2.04. The van der Waals surface area contributed by atoms with E-state index in [1.165, 1.54) is 7.11 Å². The van der Waals surface area contributed by atoms with Gasteiger partial charge in [-0.15, -0.1) is 0 Å². The molecule has 0 unspecified atom stereocenters. The average Bonchev–Trinajstić information content (AvgIpc) is 2.37. The molecule has 3 nitrogen and oxygen atoms in total. The maximum Gasteiger partial charge on any atom is 0.339 e. The van der Waals surface area contributed by atoms with E-state index < -0.39 is 0 Å². The van der Waals surface area contributed by atoms with E-state index in [-0.39, 0.29) is 5.97 Å². The van der Waals surface area contributed by atoms with Crippen molar-refractivity contribution in [2.24, 2.45) is 0 Å². The van der Waals surface area contributed by atoms with Gasteiger partial charge in [-0.25, -0.2) is 4.79 Å². The third kappa shape index (κ3) is 2.22. The number of hydrogen-bond acceptors (Lipinski definition) is 3.